The summed E-state index contributed by atoms with van der Waals surface area (Å²) in [6, 6.07) is 8.99. The Kier molecular flexibility index (Phi) is 5.30. The summed E-state index contributed by atoms with van der Waals surface area (Å²) in [4.78, 5) is 2.55. The second-order valence-corrected chi connectivity index (χ2v) is 9.40. The van der Waals surface area contributed by atoms with Crippen LogP contribution in [0.25, 0.3) is 0 Å². The van der Waals surface area contributed by atoms with Crippen LogP contribution < -0.4 is 5.73 Å². The molecule has 0 aliphatic carbocycles. The number of sulfone groups is 1. The lowest BCUT2D eigenvalue weighted by Crippen LogP contribution is -2.07. The maximum absolute atomic E-state index is 11.4. The van der Waals surface area contributed by atoms with Gasteiger partial charge in [-0.05, 0) is 46.3 Å². The van der Waals surface area contributed by atoms with Crippen LogP contribution in [0.1, 0.15) is 10.1 Å². The van der Waals surface area contributed by atoms with Gasteiger partial charge in [0.15, 0.2) is 9.84 Å². The van der Waals surface area contributed by atoms with Gasteiger partial charge in [0.05, 0.1) is 10.1 Å². The molecule has 2 N–H and O–H groups in total. The smallest absolute Gasteiger partial charge is 0.175 e. The molecule has 7 heteroatoms. The quantitative estimate of drug-likeness (QED) is 0.789. The largest absolute Gasteiger partial charge is 0.329 e. The van der Waals surface area contributed by atoms with E-state index in [2.05, 4.69) is 22.0 Å². The third kappa shape index (κ3) is 4.08. The molecule has 0 spiro atoms. The minimum absolute atomic E-state index is 0.176. The zero-order valence-electron chi connectivity index (χ0n) is 10.7. The van der Waals surface area contributed by atoms with Gasteiger partial charge in [0, 0.05) is 32.4 Å². The highest BCUT2D eigenvalue weighted by molar-refractivity contribution is 9.10. The summed E-state index contributed by atoms with van der Waals surface area (Å²) >= 11 is 6.75. The van der Waals surface area contributed by atoms with Crippen LogP contribution in [0.3, 0.4) is 0 Å². The molecule has 0 bridgehead atoms. The minimum Gasteiger partial charge on any atom is -0.329 e. The number of benzene rings is 1. The van der Waals surface area contributed by atoms with Gasteiger partial charge in [0.1, 0.15) is 0 Å². The first-order valence-electron chi connectivity index (χ1n) is 5.81. The van der Waals surface area contributed by atoms with Gasteiger partial charge in [-0.15, -0.1) is 23.1 Å². The van der Waals surface area contributed by atoms with Crippen LogP contribution in [0.5, 0.6) is 0 Å². The predicted octanol–water partition coefficient (Wildman–Crippen LogP) is 3.71. The molecular weight excluding hydrogens is 378 g/mol. The lowest BCUT2D eigenvalue weighted by atomic mass is 10.3. The molecule has 0 aliphatic rings. The van der Waals surface area contributed by atoms with E-state index in [1.54, 1.807) is 35.2 Å². The van der Waals surface area contributed by atoms with E-state index in [1.165, 1.54) is 11.1 Å². The summed E-state index contributed by atoms with van der Waals surface area (Å²) in [5.74, 6) is 0. The van der Waals surface area contributed by atoms with Crippen molar-refractivity contribution in [3.05, 3.63) is 45.1 Å². The molecule has 0 aliphatic heterocycles. The van der Waals surface area contributed by atoms with E-state index in [0.29, 0.717) is 11.4 Å². The van der Waals surface area contributed by atoms with Gasteiger partial charge >= 0.3 is 0 Å². The number of rotatable bonds is 5. The maximum atomic E-state index is 11.4. The van der Waals surface area contributed by atoms with Gasteiger partial charge < -0.3 is 5.73 Å². The zero-order valence-corrected chi connectivity index (χ0v) is 14.8. The number of halogens is 1. The molecule has 1 atom stereocenters. The van der Waals surface area contributed by atoms with Crippen LogP contribution in [-0.4, -0.2) is 21.2 Å². The summed E-state index contributed by atoms with van der Waals surface area (Å²) in [5, 5.41) is 2.21. The van der Waals surface area contributed by atoms with Crippen molar-refractivity contribution in [2.24, 2.45) is 5.73 Å². The van der Waals surface area contributed by atoms with Crippen molar-refractivity contribution < 1.29 is 8.42 Å². The maximum Gasteiger partial charge on any atom is 0.175 e. The molecule has 1 aromatic carbocycles. The fourth-order valence-electron chi connectivity index (χ4n) is 1.65. The molecule has 0 saturated carbocycles. The van der Waals surface area contributed by atoms with Crippen molar-refractivity contribution in [3.8, 4) is 0 Å². The fourth-order valence-corrected chi connectivity index (χ4v) is 4.93. The third-order valence-electron chi connectivity index (χ3n) is 2.65. The van der Waals surface area contributed by atoms with Crippen LogP contribution in [0.4, 0.5) is 0 Å². The first-order valence-corrected chi connectivity index (χ1v) is 10.3. The molecule has 1 heterocycles. The molecule has 20 heavy (non-hydrogen) atoms. The molecule has 0 amide bonds. The number of hydrogen-bond donors (Lipinski definition) is 1. The number of thioether (sulfide) groups is 1. The molecule has 2 rings (SSSR count). The standard InChI is InChI=1S/C13H14BrNO2S3/c1-20(16,17)11-4-2-10(3-5-11)19-13(7-15)12-6-9(14)8-18-12/h2-6,8,13H,7,15H2,1H3. The minimum atomic E-state index is -3.14. The predicted molar refractivity (Wildman–Crippen MR) is 89.2 cm³/mol. The summed E-state index contributed by atoms with van der Waals surface area (Å²) in [7, 11) is -3.14. The van der Waals surface area contributed by atoms with Crippen molar-refractivity contribution in [3.63, 3.8) is 0 Å². The molecule has 0 radical (unpaired) electrons. The number of hydrogen-bond acceptors (Lipinski definition) is 5. The van der Waals surface area contributed by atoms with E-state index >= 15 is 0 Å². The molecule has 3 nitrogen and oxygen atoms in total. The van der Waals surface area contributed by atoms with Crippen LogP contribution in [0.15, 0.2) is 50.0 Å². The zero-order chi connectivity index (χ0) is 14.8. The van der Waals surface area contributed by atoms with Gasteiger partial charge in [0.25, 0.3) is 0 Å². The van der Waals surface area contributed by atoms with E-state index in [1.807, 2.05) is 17.5 Å². The second kappa shape index (κ2) is 6.62. The number of thiophene rings is 1. The Morgan fingerprint density at radius 1 is 1.35 bits per heavy atom. The SMILES string of the molecule is CS(=O)(=O)c1ccc(SC(CN)c2cc(Br)cs2)cc1. The third-order valence-corrected chi connectivity index (χ3v) is 7.01. The Bertz CT molecular complexity index is 680. The Morgan fingerprint density at radius 3 is 2.45 bits per heavy atom. The summed E-state index contributed by atoms with van der Waals surface area (Å²) in [6.07, 6.45) is 1.21. The van der Waals surface area contributed by atoms with Crippen molar-refractivity contribution in [1.29, 1.82) is 0 Å². The molecule has 108 valence electrons. The topological polar surface area (TPSA) is 60.2 Å². The molecule has 2 aromatic rings. The van der Waals surface area contributed by atoms with Crippen molar-refractivity contribution in [2.75, 3.05) is 12.8 Å². The normalized spacial score (nSPS) is 13.3. The van der Waals surface area contributed by atoms with Gasteiger partial charge in [0.2, 0.25) is 0 Å². The molecule has 0 fully saturated rings. The van der Waals surface area contributed by atoms with Crippen LogP contribution in [0.2, 0.25) is 0 Å². The van der Waals surface area contributed by atoms with Crippen LogP contribution >= 0.6 is 39.0 Å². The van der Waals surface area contributed by atoms with Gasteiger partial charge in [-0.2, -0.15) is 0 Å². The monoisotopic (exact) mass is 391 g/mol. The summed E-state index contributed by atoms with van der Waals surface area (Å²) in [6.45, 7) is 0.533. The lowest BCUT2D eigenvalue weighted by Gasteiger charge is -2.12. The van der Waals surface area contributed by atoms with Crippen molar-refractivity contribution in [2.45, 2.75) is 15.0 Å². The van der Waals surface area contributed by atoms with Crippen LogP contribution in [0, 0.1) is 0 Å². The molecule has 0 saturated heterocycles. The highest BCUT2D eigenvalue weighted by atomic mass is 79.9. The molecular formula is C13H14BrNO2S3. The van der Waals surface area contributed by atoms with E-state index < -0.39 is 9.84 Å². The van der Waals surface area contributed by atoms with E-state index in [-0.39, 0.29) is 5.25 Å². The average molecular weight is 392 g/mol. The highest BCUT2D eigenvalue weighted by Gasteiger charge is 2.14. The average Bonchev–Trinajstić information content (AvgIpc) is 2.82. The lowest BCUT2D eigenvalue weighted by molar-refractivity contribution is 0.602. The summed E-state index contributed by atoms with van der Waals surface area (Å²) in [5.41, 5.74) is 5.84. The van der Waals surface area contributed by atoms with Gasteiger partial charge in [-0.3, -0.25) is 0 Å². The van der Waals surface area contributed by atoms with Crippen LogP contribution in [-0.2, 0) is 9.84 Å². The number of nitrogens with two attached hydrogens (primary N) is 1. The molecule has 1 aromatic heterocycles. The van der Waals surface area contributed by atoms with Gasteiger partial charge in [-0.1, -0.05) is 0 Å². The first kappa shape index (κ1) is 16.0. The highest BCUT2D eigenvalue weighted by Crippen LogP contribution is 2.38. The van der Waals surface area contributed by atoms with E-state index in [0.717, 1.165) is 9.37 Å². The van der Waals surface area contributed by atoms with Crippen molar-refractivity contribution >= 4 is 48.9 Å². The Labute approximate surface area is 135 Å². The fraction of sp³-hybridized carbons (Fsp3) is 0.231. The Balaban J connectivity index is 2.16. The molecule has 1 unspecified atom stereocenters. The Morgan fingerprint density at radius 2 is 2.00 bits per heavy atom. The van der Waals surface area contributed by atoms with E-state index in [9.17, 15) is 8.42 Å². The van der Waals surface area contributed by atoms with E-state index in [4.69, 9.17) is 5.73 Å². The summed E-state index contributed by atoms with van der Waals surface area (Å²) < 4.78 is 23.9. The first-order chi connectivity index (χ1) is 9.40. The van der Waals surface area contributed by atoms with Crippen molar-refractivity contribution in [1.82, 2.24) is 0 Å². The van der Waals surface area contributed by atoms with Gasteiger partial charge in [-0.25, -0.2) is 8.42 Å². The second-order valence-electron chi connectivity index (χ2n) is 4.25. The Hall–Kier alpha value is -0.340.